The van der Waals surface area contributed by atoms with Crippen LogP contribution in [0.1, 0.15) is 21.6 Å². The van der Waals surface area contributed by atoms with Crippen LogP contribution in [0.3, 0.4) is 0 Å². The van der Waals surface area contributed by atoms with E-state index in [-0.39, 0.29) is 33.0 Å². The highest BCUT2D eigenvalue weighted by atomic mass is 79.9. The van der Waals surface area contributed by atoms with E-state index in [0.29, 0.717) is 11.4 Å². The molecule has 2 aromatic carbocycles. The number of benzene rings is 2. The molecule has 3 aromatic rings. The molecule has 0 unspecified atom stereocenters. The van der Waals surface area contributed by atoms with Gasteiger partial charge < -0.3 is 10.5 Å². The zero-order chi connectivity index (χ0) is 21.3. The van der Waals surface area contributed by atoms with E-state index in [1.165, 1.54) is 28.8 Å². The molecule has 0 saturated heterocycles. The highest BCUT2D eigenvalue weighted by Crippen LogP contribution is 2.28. The van der Waals surface area contributed by atoms with Gasteiger partial charge in [-0.2, -0.15) is 0 Å². The van der Waals surface area contributed by atoms with Crippen LogP contribution in [0.15, 0.2) is 51.7 Å². The zero-order valence-electron chi connectivity index (χ0n) is 15.0. The second kappa shape index (κ2) is 8.34. The number of nitrogens with zero attached hydrogens (tertiary/aromatic N) is 1. The maximum absolute atomic E-state index is 13.8. The number of nitrogens with two attached hydrogens (primary N) is 1. The summed E-state index contributed by atoms with van der Waals surface area (Å²) in [7, 11) is 0. The Balaban J connectivity index is 1.96. The van der Waals surface area contributed by atoms with Crippen LogP contribution >= 0.6 is 27.5 Å². The maximum atomic E-state index is 13.8. The van der Waals surface area contributed by atoms with Crippen molar-refractivity contribution in [2.75, 3.05) is 0 Å². The molecule has 0 aliphatic carbocycles. The zero-order valence-corrected chi connectivity index (χ0v) is 17.4. The fourth-order valence-electron chi connectivity index (χ4n) is 2.72. The van der Waals surface area contributed by atoms with Gasteiger partial charge in [-0.05, 0) is 53.2 Å². The SMILES string of the molecule is Cc1cc(OCc2ccc(F)cc2F)c(Br)c(=O)n1-c1ccc(C(N)=O)cc1Cl. The molecule has 150 valence electrons. The minimum absolute atomic E-state index is 0.0978. The van der Waals surface area contributed by atoms with Crippen LogP contribution in [0.25, 0.3) is 5.69 Å². The Bertz CT molecular complexity index is 1180. The predicted molar refractivity (Wildman–Crippen MR) is 109 cm³/mol. The topological polar surface area (TPSA) is 74.3 Å². The molecule has 1 heterocycles. The van der Waals surface area contributed by atoms with Crippen LogP contribution in [-0.4, -0.2) is 10.5 Å². The molecule has 0 bridgehead atoms. The van der Waals surface area contributed by atoms with Crippen LogP contribution in [0.2, 0.25) is 5.02 Å². The van der Waals surface area contributed by atoms with E-state index < -0.39 is 23.1 Å². The first kappa shape index (κ1) is 21.0. The molecule has 0 fully saturated rings. The van der Waals surface area contributed by atoms with Gasteiger partial charge >= 0.3 is 0 Å². The third-order valence-corrected chi connectivity index (χ3v) is 5.20. The van der Waals surface area contributed by atoms with Gasteiger partial charge in [-0.25, -0.2) is 8.78 Å². The molecule has 0 aliphatic heterocycles. The summed E-state index contributed by atoms with van der Waals surface area (Å²) in [4.78, 5) is 24.2. The highest BCUT2D eigenvalue weighted by Gasteiger charge is 2.17. The summed E-state index contributed by atoms with van der Waals surface area (Å²) in [5.74, 6) is -1.88. The first-order chi connectivity index (χ1) is 13.7. The van der Waals surface area contributed by atoms with Crippen molar-refractivity contribution in [1.29, 1.82) is 0 Å². The lowest BCUT2D eigenvalue weighted by Gasteiger charge is -2.16. The molecule has 0 aliphatic rings. The van der Waals surface area contributed by atoms with E-state index in [9.17, 15) is 18.4 Å². The van der Waals surface area contributed by atoms with Crippen molar-refractivity contribution >= 4 is 33.4 Å². The number of hydrogen-bond donors (Lipinski definition) is 1. The fourth-order valence-corrected chi connectivity index (χ4v) is 3.39. The molecule has 0 radical (unpaired) electrons. The van der Waals surface area contributed by atoms with Crippen molar-refractivity contribution in [2.45, 2.75) is 13.5 Å². The molecule has 29 heavy (non-hydrogen) atoms. The molecule has 0 saturated carbocycles. The maximum Gasteiger partial charge on any atom is 0.273 e. The number of carbonyl (C=O) groups is 1. The Morgan fingerprint density at radius 2 is 1.93 bits per heavy atom. The van der Waals surface area contributed by atoms with E-state index in [2.05, 4.69) is 15.9 Å². The Hall–Kier alpha value is -2.71. The second-order valence-electron chi connectivity index (χ2n) is 6.16. The number of hydrogen-bond acceptors (Lipinski definition) is 3. The third-order valence-electron chi connectivity index (χ3n) is 4.17. The predicted octanol–water partition coefficient (Wildman–Crippen LogP) is 4.52. The summed E-state index contributed by atoms with van der Waals surface area (Å²) in [5, 5.41) is 0.167. The number of ether oxygens (including phenoxy) is 1. The molecule has 0 spiro atoms. The van der Waals surface area contributed by atoms with Gasteiger partial charge in [0.05, 0.1) is 10.7 Å². The van der Waals surface area contributed by atoms with Crippen LogP contribution in [-0.2, 0) is 6.61 Å². The fraction of sp³-hybridized carbons (Fsp3) is 0.100. The lowest BCUT2D eigenvalue weighted by molar-refractivity contribution is 0.100. The van der Waals surface area contributed by atoms with Crippen LogP contribution in [0.4, 0.5) is 8.78 Å². The van der Waals surface area contributed by atoms with Crippen molar-refractivity contribution in [3.05, 3.63) is 90.8 Å². The monoisotopic (exact) mass is 482 g/mol. The van der Waals surface area contributed by atoms with Crippen molar-refractivity contribution in [3.63, 3.8) is 0 Å². The molecular formula is C20H14BrClF2N2O3. The molecule has 3 rings (SSSR count). The normalized spacial score (nSPS) is 10.8. The average molecular weight is 484 g/mol. The number of amides is 1. The molecule has 1 aromatic heterocycles. The lowest BCUT2D eigenvalue weighted by Crippen LogP contribution is -2.22. The van der Waals surface area contributed by atoms with Gasteiger partial charge in [0.1, 0.15) is 28.5 Å². The van der Waals surface area contributed by atoms with E-state index >= 15 is 0 Å². The minimum atomic E-state index is -0.743. The number of aryl methyl sites for hydroxylation is 1. The molecule has 9 heteroatoms. The number of primary amides is 1. The van der Waals surface area contributed by atoms with Gasteiger partial charge in [-0.15, -0.1) is 0 Å². The number of carbonyl (C=O) groups excluding carboxylic acids is 1. The molecule has 5 nitrogen and oxygen atoms in total. The van der Waals surface area contributed by atoms with Gasteiger partial charge in [0, 0.05) is 29.0 Å². The van der Waals surface area contributed by atoms with Gasteiger partial charge in [0.15, 0.2) is 0 Å². The first-order valence-corrected chi connectivity index (χ1v) is 9.44. The van der Waals surface area contributed by atoms with Crippen LogP contribution in [0, 0.1) is 18.6 Å². The van der Waals surface area contributed by atoms with Gasteiger partial charge in [0.25, 0.3) is 5.56 Å². The summed E-state index contributed by atoms with van der Waals surface area (Å²) < 4.78 is 33.8. The molecule has 1 amide bonds. The number of halogens is 4. The number of aromatic nitrogens is 1. The van der Waals surface area contributed by atoms with Gasteiger partial charge in [-0.3, -0.25) is 14.2 Å². The van der Waals surface area contributed by atoms with E-state index in [1.54, 1.807) is 13.0 Å². The molecule has 0 atom stereocenters. The van der Waals surface area contributed by atoms with Gasteiger partial charge in [-0.1, -0.05) is 11.6 Å². The van der Waals surface area contributed by atoms with E-state index in [4.69, 9.17) is 22.1 Å². The third kappa shape index (κ3) is 4.33. The van der Waals surface area contributed by atoms with Crippen LogP contribution < -0.4 is 16.0 Å². The van der Waals surface area contributed by atoms with Crippen molar-refractivity contribution in [1.82, 2.24) is 4.57 Å². The Labute approximate surface area is 177 Å². The van der Waals surface area contributed by atoms with Crippen molar-refractivity contribution < 1.29 is 18.3 Å². The number of rotatable bonds is 5. The second-order valence-corrected chi connectivity index (χ2v) is 7.36. The Kier molecular flexibility index (Phi) is 6.04. The minimum Gasteiger partial charge on any atom is -0.487 e. The average Bonchev–Trinajstić information content (AvgIpc) is 2.65. The first-order valence-electron chi connectivity index (χ1n) is 8.27. The lowest BCUT2D eigenvalue weighted by atomic mass is 10.2. The molecule has 2 N–H and O–H groups in total. The van der Waals surface area contributed by atoms with Crippen LogP contribution in [0.5, 0.6) is 5.75 Å². The summed E-state index contributed by atoms with van der Waals surface area (Å²) >= 11 is 9.43. The summed E-state index contributed by atoms with van der Waals surface area (Å²) in [6.07, 6.45) is 0. The molecular weight excluding hydrogens is 470 g/mol. The van der Waals surface area contributed by atoms with Crippen molar-refractivity contribution in [2.24, 2.45) is 5.73 Å². The Morgan fingerprint density at radius 3 is 2.55 bits per heavy atom. The summed E-state index contributed by atoms with van der Waals surface area (Å²) in [5.41, 5.74) is 5.97. The number of pyridine rings is 1. The largest absolute Gasteiger partial charge is 0.487 e. The van der Waals surface area contributed by atoms with Crippen molar-refractivity contribution in [3.8, 4) is 11.4 Å². The Morgan fingerprint density at radius 1 is 1.21 bits per heavy atom. The van der Waals surface area contributed by atoms with Gasteiger partial charge in [0.2, 0.25) is 5.91 Å². The van der Waals surface area contributed by atoms with E-state index in [0.717, 1.165) is 12.1 Å². The summed E-state index contributed by atoms with van der Waals surface area (Å²) in [6.45, 7) is 1.47. The summed E-state index contributed by atoms with van der Waals surface area (Å²) in [6, 6.07) is 9.08. The standard InChI is InChI=1S/C20H14BrClF2N2O3/c1-10-6-17(29-9-12-2-4-13(23)8-15(12)24)18(21)20(28)26(10)16-5-3-11(19(25)27)7-14(16)22/h2-8H,9H2,1H3,(H2,25,27). The highest BCUT2D eigenvalue weighted by molar-refractivity contribution is 9.10. The van der Waals surface area contributed by atoms with E-state index in [1.807, 2.05) is 0 Å². The smallest absolute Gasteiger partial charge is 0.273 e. The quantitative estimate of drug-likeness (QED) is 0.580.